The highest BCUT2D eigenvalue weighted by molar-refractivity contribution is 5.93. The Labute approximate surface area is 125 Å². The van der Waals surface area contributed by atoms with Crippen LogP contribution in [0, 0.1) is 0 Å². The molecule has 1 fully saturated rings. The summed E-state index contributed by atoms with van der Waals surface area (Å²) in [5.41, 5.74) is 4.05. The van der Waals surface area contributed by atoms with Gasteiger partial charge in [-0.3, -0.25) is 0 Å². The van der Waals surface area contributed by atoms with Crippen LogP contribution in [-0.2, 0) is 6.54 Å². The molecule has 0 saturated heterocycles. The fraction of sp³-hybridized carbons (Fsp3) is 0.200. The van der Waals surface area contributed by atoms with E-state index in [-0.39, 0.29) is 0 Å². The lowest BCUT2D eigenvalue weighted by atomic mass is 10.1. The minimum Gasteiger partial charge on any atom is -0.380 e. The molecule has 4 rings (SSSR count). The second kappa shape index (κ2) is 5.25. The summed E-state index contributed by atoms with van der Waals surface area (Å²) in [7, 11) is 0. The fourth-order valence-electron chi connectivity index (χ4n) is 2.90. The van der Waals surface area contributed by atoms with E-state index in [4.69, 9.17) is 0 Å². The minimum atomic E-state index is 0.838. The Hall–Kier alpha value is -2.28. The lowest BCUT2D eigenvalue weighted by molar-refractivity contribution is 1.10. The van der Waals surface area contributed by atoms with Crippen LogP contribution in [0.4, 0.5) is 5.69 Å². The van der Waals surface area contributed by atoms with Crippen molar-refractivity contribution in [2.24, 2.45) is 0 Å². The van der Waals surface area contributed by atoms with Gasteiger partial charge in [0.05, 0.1) is 0 Å². The van der Waals surface area contributed by atoms with Gasteiger partial charge in [-0.1, -0.05) is 60.7 Å². The van der Waals surface area contributed by atoms with Crippen LogP contribution >= 0.6 is 0 Å². The normalized spacial score (nSPS) is 14.3. The molecule has 0 atom stereocenters. The molecule has 3 aromatic carbocycles. The van der Waals surface area contributed by atoms with Crippen molar-refractivity contribution in [3.63, 3.8) is 0 Å². The standard InChI is InChI=1S/C20H19N/c1-2-6-19-18(4-1)5-3-7-20(19)21-14-15-8-10-16(11-9-15)17-12-13-17/h1-11,17,21H,12-14H2. The van der Waals surface area contributed by atoms with Crippen molar-refractivity contribution >= 4 is 16.5 Å². The number of anilines is 1. The molecular formula is C20H19N. The molecular weight excluding hydrogens is 254 g/mol. The van der Waals surface area contributed by atoms with Gasteiger partial charge in [0.1, 0.15) is 0 Å². The summed E-state index contributed by atoms with van der Waals surface area (Å²) in [6, 6.07) is 24.0. The van der Waals surface area contributed by atoms with E-state index in [1.807, 2.05) is 0 Å². The molecule has 0 spiro atoms. The Kier molecular flexibility index (Phi) is 3.11. The van der Waals surface area contributed by atoms with E-state index in [1.54, 1.807) is 0 Å². The van der Waals surface area contributed by atoms with Crippen molar-refractivity contribution in [3.05, 3.63) is 77.9 Å². The quantitative estimate of drug-likeness (QED) is 0.677. The Bertz CT molecular complexity index is 749. The lowest BCUT2D eigenvalue weighted by Gasteiger charge is -2.10. The van der Waals surface area contributed by atoms with Gasteiger partial charge in [-0.05, 0) is 41.3 Å². The summed E-state index contributed by atoms with van der Waals surface area (Å²) in [5.74, 6) is 0.838. The molecule has 0 bridgehead atoms. The van der Waals surface area contributed by atoms with Crippen LogP contribution in [0.1, 0.15) is 29.9 Å². The number of hydrogen-bond acceptors (Lipinski definition) is 1. The molecule has 0 radical (unpaired) electrons. The predicted molar refractivity (Wildman–Crippen MR) is 89.7 cm³/mol. The Morgan fingerprint density at radius 2 is 1.57 bits per heavy atom. The van der Waals surface area contributed by atoms with Crippen LogP contribution in [0.2, 0.25) is 0 Å². The van der Waals surface area contributed by atoms with E-state index in [0.29, 0.717) is 0 Å². The van der Waals surface area contributed by atoms with Crippen LogP contribution in [0.15, 0.2) is 66.7 Å². The molecule has 1 aliphatic carbocycles. The second-order valence-electron chi connectivity index (χ2n) is 5.90. The van der Waals surface area contributed by atoms with Gasteiger partial charge in [0, 0.05) is 17.6 Å². The molecule has 0 aliphatic heterocycles. The van der Waals surface area contributed by atoms with Crippen LogP contribution in [0.5, 0.6) is 0 Å². The number of rotatable bonds is 4. The number of hydrogen-bond donors (Lipinski definition) is 1. The van der Waals surface area contributed by atoms with Gasteiger partial charge < -0.3 is 5.32 Å². The first-order chi connectivity index (χ1) is 10.4. The average Bonchev–Trinajstić information content (AvgIpc) is 3.38. The molecule has 0 unspecified atom stereocenters. The van der Waals surface area contributed by atoms with E-state index in [0.717, 1.165) is 12.5 Å². The zero-order chi connectivity index (χ0) is 14.1. The second-order valence-corrected chi connectivity index (χ2v) is 5.90. The summed E-state index contributed by atoms with van der Waals surface area (Å²) in [6.45, 7) is 0.874. The summed E-state index contributed by atoms with van der Waals surface area (Å²) in [5, 5.41) is 6.14. The summed E-state index contributed by atoms with van der Waals surface area (Å²) >= 11 is 0. The summed E-state index contributed by atoms with van der Waals surface area (Å²) in [4.78, 5) is 0. The van der Waals surface area contributed by atoms with E-state index in [9.17, 15) is 0 Å². The topological polar surface area (TPSA) is 12.0 Å². The van der Waals surface area contributed by atoms with Gasteiger partial charge in [-0.2, -0.15) is 0 Å². The third-order valence-electron chi connectivity index (χ3n) is 4.30. The van der Waals surface area contributed by atoms with Gasteiger partial charge in [0.25, 0.3) is 0 Å². The minimum absolute atomic E-state index is 0.838. The van der Waals surface area contributed by atoms with Crippen LogP contribution in [0.25, 0.3) is 10.8 Å². The molecule has 1 saturated carbocycles. The third-order valence-corrected chi connectivity index (χ3v) is 4.30. The number of benzene rings is 3. The lowest BCUT2D eigenvalue weighted by Crippen LogP contribution is -2.00. The maximum atomic E-state index is 3.57. The number of fused-ring (bicyclic) bond motifs is 1. The largest absolute Gasteiger partial charge is 0.380 e. The first-order valence-electron chi connectivity index (χ1n) is 7.71. The van der Waals surface area contributed by atoms with Crippen molar-refractivity contribution in [2.45, 2.75) is 25.3 Å². The molecule has 1 aliphatic rings. The van der Waals surface area contributed by atoms with Crippen molar-refractivity contribution in [3.8, 4) is 0 Å². The summed E-state index contributed by atoms with van der Waals surface area (Å²) < 4.78 is 0. The van der Waals surface area contributed by atoms with Gasteiger partial charge >= 0.3 is 0 Å². The van der Waals surface area contributed by atoms with E-state index in [1.165, 1.54) is 40.4 Å². The predicted octanol–water partition coefficient (Wildman–Crippen LogP) is 5.33. The van der Waals surface area contributed by atoms with Crippen molar-refractivity contribution in [1.29, 1.82) is 0 Å². The summed E-state index contributed by atoms with van der Waals surface area (Å²) in [6.07, 6.45) is 2.74. The van der Waals surface area contributed by atoms with Crippen molar-refractivity contribution in [1.82, 2.24) is 0 Å². The molecule has 21 heavy (non-hydrogen) atoms. The van der Waals surface area contributed by atoms with Gasteiger partial charge in [-0.15, -0.1) is 0 Å². The van der Waals surface area contributed by atoms with Crippen LogP contribution in [0.3, 0.4) is 0 Å². The first-order valence-corrected chi connectivity index (χ1v) is 7.71. The van der Waals surface area contributed by atoms with E-state index in [2.05, 4.69) is 72.0 Å². The Morgan fingerprint density at radius 3 is 2.38 bits per heavy atom. The molecule has 0 aromatic heterocycles. The van der Waals surface area contributed by atoms with Gasteiger partial charge in [0.2, 0.25) is 0 Å². The van der Waals surface area contributed by atoms with Crippen molar-refractivity contribution < 1.29 is 0 Å². The molecule has 104 valence electrons. The van der Waals surface area contributed by atoms with Crippen LogP contribution < -0.4 is 5.32 Å². The highest BCUT2D eigenvalue weighted by Gasteiger charge is 2.22. The number of nitrogens with one attached hydrogen (secondary N) is 1. The fourth-order valence-corrected chi connectivity index (χ4v) is 2.90. The highest BCUT2D eigenvalue weighted by atomic mass is 14.9. The van der Waals surface area contributed by atoms with Crippen LogP contribution in [-0.4, -0.2) is 0 Å². The van der Waals surface area contributed by atoms with E-state index >= 15 is 0 Å². The third kappa shape index (κ3) is 2.64. The maximum Gasteiger partial charge on any atom is 0.0422 e. The maximum absolute atomic E-state index is 3.57. The molecule has 0 amide bonds. The van der Waals surface area contributed by atoms with Gasteiger partial charge in [-0.25, -0.2) is 0 Å². The monoisotopic (exact) mass is 273 g/mol. The molecule has 3 aromatic rings. The zero-order valence-electron chi connectivity index (χ0n) is 12.0. The van der Waals surface area contributed by atoms with Crippen molar-refractivity contribution in [2.75, 3.05) is 5.32 Å². The van der Waals surface area contributed by atoms with E-state index < -0.39 is 0 Å². The first kappa shape index (κ1) is 12.5. The SMILES string of the molecule is c1ccc2c(NCc3ccc(C4CC4)cc3)cccc2c1. The van der Waals surface area contributed by atoms with Gasteiger partial charge in [0.15, 0.2) is 0 Å². The molecule has 1 N–H and O–H groups in total. The smallest absolute Gasteiger partial charge is 0.0422 e. The molecule has 1 nitrogen and oxygen atoms in total. The zero-order valence-corrected chi connectivity index (χ0v) is 12.0. The Balaban J connectivity index is 1.52. The highest BCUT2D eigenvalue weighted by Crippen LogP contribution is 2.39. The molecule has 1 heteroatoms. The average molecular weight is 273 g/mol. The Morgan fingerprint density at radius 1 is 0.810 bits per heavy atom. The molecule has 0 heterocycles.